The Kier molecular flexibility index (Phi) is 3.00. The van der Waals surface area contributed by atoms with Gasteiger partial charge in [0.25, 0.3) is 0 Å². The third kappa shape index (κ3) is 1.89. The van der Waals surface area contributed by atoms with E-state index in [-0.39, 0.29) is 11.9 Å². The van der Waals surface area contributed by atoms with Crippen LogP contribution in [-0.2, 0) is 0 Å². The summed E-state index contributed by atoms with van der Waals surface area (Å²) in [5.41, 5.74) is 0.984. The molecule has 5 heteroatoms. The van der Waals surface area contributed by atoms with Gasteiger partial charge in [-0.2, -0.15) is 0 Å². The molecule has 14 heavy (non-hydrogen) atoms. The van der Waals surface area contributed by atoms with Gasteiger partial charge in [0, 0.05) is 5.25 Å². The number of thioether (sulfide) groups is 1. The van der Waals surface area contributed by atoms with Gasteiger partial charge in [-0.3, -0.25) is 0 Å². The molecule has 0 fully saturated rings. The van der Waals surface area contributed by atoms with Crippen LogP contribution in [0.15, 0.2) is 22.8 Å². The number of aliphatic hydroxyl groups excluding tert-OH is 1. The molecule has 1 atom stereocenters. The van der Waals surface area contributed by atoms with Gasteiger partial charge in [-0.25, -0.2) is 9.97 Å². The quantitative estimate of drug-likeness (QED) is 0.643. The van der Waals surface area contributed by atoms with Crippen molar-refractivity contribution in [3.63, 3.8) is 0 Å². The van der Waals surface area contributed by atoms with Crippen LogP contribution in [0.4, 0.5) is 0 Å². The fraction of sp³-hybridized carbons (Fsp3) is 0.333. The molecule has 0 aromatic carbocycles. The molecule has 0 aliphatic rings. The molecular formula is C9H10N2OS2. The van der Waals surface area contributed by atoms with E-state index in [1.165, 1.54) is 0 Å². The van der Waals surface area contributed by atoms with Crippen LogP contribution in [-0.4, -0.2) is 26.9 Å². The number of thiophene rings is 1. The zero-order chi connectivity index (χ0) is 9.97. The first-order valence-electron chi connectivity index (χ1n) is 4.27. The monoisotopic (exact) mass is 226 g/mol. The van der Waals surface area contributed by atoms with Gasteiger partial charge in [-0.05, 0) is 11.4 Å². The lowest BCUT2D eigenvalue weighted by Crippen LogP contribution is -2.02. The van der Waals surface area contributed by atoms with E-state index >= 15 is 0 Å². The highest BCUT2D eigenvalue weighted by molar-refractivity contribution is 8.00. The summed E-state index contributed by atoms with van der Waals surface area (Å²) in [6, 6.07) is 1.98. The van der Waals surface area contributed by atoms with Gasteiger partial charge in [0.15, 0.2) is 0 Å². The molecule has 0 aliphatic heterocycles. The minimum atomic E-state index is 0.168. The molecule has 2 rings (SSSR count). The Morgan fingerprint density at radius 2 is 2.43 bits per heavy atom. The van der Waals surface area contributed by atoms with Gasteiger partial charge in [0.05, 0.1) is 16.8 Å². The second-order valence-corrected chi connectivity index (χ2v) is 5.27. The molecular weight excluding hydrogens is 216 g/mol. The Morgan fingerprint density at radius 1 is 1.57 bits per heavy atom. The Hall–Kier alpha value is -0.650. The number of fused-ring (bicyclic) bond motifs is 1. The molecule has 0 saturated carbocycles. The summed E-state index contributed by atoms with van der Waals surface area (Å²) in [6.07, 6.45) is 1.57. The Bertz CT molecular complexity index is 429. The molecule has 0 radical (unpaired) electrons. The smallest absolute Gasteiger partial charge is 0.118 e. The van der Waals surface area contributed by atoms with Crippen LogP contribution in [0, 0.1) is 0 Å². The van der Waals surface area contributed by atoms with Crippen LogP contribution in [0.1, 0.15) is 6.92 Å². The van der Waals surface area contributed by atoms with Crippen LogP contribution in [0.2, 0.25) is 0 Å². The first-order chi connectivity index (χ1) is 6.81. The van der Waals surface area contributed by atoms with Crippen LogP contribution in [0.3, 0.4) is 0 Å². The van der Waals surface area contributed by atoms with Gasteiger partial charge >= 0.3 is 0 Å². The normalized spacial score (nSPS) is 13.3. The van der Waals surface area contributed by atoms with Crippen molar-refractivity contribution in [1.29, 1.82) is 0 Å². The van der Waals surface area contributed by atoms with Crippen molar-refractivity contribution < 1.29 is 5.11 Å². The second kappa shape index (κ2) is 4.25. The van der Waals surface area contributed by atoms with Gasteiger partial charge in [0.2, 0.25) is 0 Å². The molecule has 1 N–H and O–H groups in total. The van der Waals surface area contributed by atoms with E-state index in [0.29, 0.717) is 0 Å². The summed E-state index contributed by atoms with van der Waals surface area (Å²) in [7, 11) is 0. The highest BCUT2D eigenvalue weighted by atomic mass is 32.2. The SMILES string of the molecule is CC(CO)Sc1ncnc2ccsc12. The van der Waals surface area contributed by atoms with Crippen LogP contribution in [0.5, 0.6) is 0 Å². The predicted octanol–water partition coefficient (Wildman–Crippen LogP) is 2.16. The Labute approximate surface area is 90.2 Å². The molecule has 0 bridgehead atoms. The summed E-state index contributed by atoms with van der Waals surface area (Å²) in [6.45, 7) is 2.15. The molecule has 0 spiro atoms. The average molecular weight is 226 g/mol. The number of nitrogens with zero attached hydrogens (tertiary/aromatic N) is 2. The second-order valence-electron chi connectivity index (χ2n) is 2.92. The molecule has 2 heterocycles. The molecule has 0 saturated heterocycles. The van der Waals surface area contributed by atoms with Gasteiger partial charge in [-0.15, -0.1) is 11.3 Å². The van der Waals surface area contributed by atoms with Gasteiger partial charge in [-0.1, -0.05) is 18.7 Å². The molecule has 0 aliphatic carbocycles. The lowest BCUT2D eigenvalue weighted by Gasteiger charge is -2.06. The van der Waals surface area contributed by atoms with Crippen molar-refractivity contribution in [2.45, 2.75) is 17.2 Å². The van der Waals surface area contributed by atoms with Gasteiger partial charge < -0.3 is 5.11 Å². The fourth-order valence-corrected chi connectivity index (χ4v) is 2.87. The summed E-state index contributed by atoms with van der Waals surface area (Å²) in [5, 5.41) is 12.1. The number of aliphatic hydroxyl groups is 1. The molecule has 1 unspecified atom stereocenters. The first-order valence-corrected chi connectivity index (χ1v) is 6.03. The van der Waals surface area contributed by atoms with Crippen molar-refractivity contribution in [1.82, 2.24) is 9.97 Å². The van der Waals surface area contributed by atoms with Crippen molar-refractivity contribution in [2.24, 2.45) is 0 Å². The van der Waals surface area contributed by atoms with E-state index in [1.807, 2.05) is 18.4 Å². The third-order valence-electron chi connectivity index (χ3n) is 1.78. The molecule has 2 aromatic rings. The molecule has 2 aromatic heterocycles. The topological polar surface area (TPSA) is 46.0 Å². The van der Waals surface area contributed by atoms with E-state index < -0.39 is 0 Å². The van der Waals surface area contributed by atoms with E-state index in [1.54, 1.807) is 29.4 Å². The van der Waals surface area contributed by atoms with E-state index in [4.69, 9.17) is 5.11 Å². The Morgan fingerprint density at radius 3 is 3.21 bits per heavy atom. The van der Waals surface area contributed by atoms with E-state index in [9.17, 15) is 0 Å². The zero-order valence-corrected chi connectivity index (χ0v) is 9.31. The Balaban J connectivity index is 2.36. The number of aromatic nitrogens is 2. The van der Waals surface area contributed by atoms with E-state index in [2.05, 4.69) is 9.97 Å². The average Bonchev–Trinajstić information content (AvgIpc) is 2.66. The predicted molar refractivity (Wildman–Crippen MR) is 59.8 cm³/mol. The zero-order valence-electron chi connectivity index (χ0n) is 7.67. The van der Waals surface area contributed by atoms with Gasteiger partial charge in [0.1, 0.15) is 11.4 Å². The minimum absolute atomic E-state index is 0.168. The molecule has 3 nitrogen and oxygen atoms in total. The maximum absolute atomic E-state index is 8.96. The third-order valence-corrected chi connectivity index (χ3v) is 3.90. The summed E-state index contributed by atoms with van der Waals surface area (Å²) in [4.78, 5) is 8.38. The number of hydrogen-bond donors (Lipinski definition) is 1. The summed E-state index contributed by atoms with van der Waals surface area (Å²) in [5.74, 6) is 0. The van der Waals surface area contributed by atoms with Crippen molar-refractivity contribution in [3.8, 4) is 0 Å². The summed E-state index contributed by atoms with van der Waals surface area (Å²) >= 11 is 3.23. The standard InChI is InChI=1S/C9H10N2OS2/c1-6(4-12)14-9-8-7(2-3-13-8)10-5-11-9/h2-3,5-6,12H,4H2,1H3. The molecule has 0 amide bonds. The van der Waals surface area contributed by atoms with Crippen LogP contribution < -0.4 is 0 Å². The highest BCUT2D eigenvalue weighted by Gasteiger charge is 2.09. The van der Waals surface area contributed by atoms with E-state index in [0.717, 1.165) is 15.2 Å². The molecule has 74 valence electrons. The van der Waals surface area contributed by atoms with Crippen molar-refractivity contribution >= 4 is 33.3 Å². The fourth-order valence-electron chi connectivity index (χ4n) is 1.08. The van der Waals surface area contributed by atoms with Crippen LogP contribution in [0.25, 0.3) is 10.2 Å². The lowest BCUT2D eigenvalue weighted by atomic mass is 10.5. The minimum Gasteiger partial charge on any atom is -0.395 e. The summed E-state index contributed by atoms with van der Waals surface area (Å²) < 4.78 is 1.11. The van der Waals surface area contributed by atoms with Crippen molar-refractivity contribution in [3.05, 3.63) is 17.8 Å². The lowest BCUT2D eigenvalue weighted by molar-refractivity contribution is 0.300. The number of rotatable bonds is 3. The number of hydrogen-bond acceptors (Lipinski definition) is 5. The largest absolute Gasteiger partial charge is 0.395 e. The highest BCUT2D eigenvalue weighted by Crippen LogP contribution is 2.30. The maximum atomic E-state index is 8.96. The first kappa shape index (κ1) is 9.89. The maximum Gasteiger partial charge on any atom is 0.118 e. The van der Waals surface area contributed by atoms with Crippen LogP contribution >= 0.6 is 23.1 Å². The van der Waals surface area contributed by atoms with Crippen molar-refractivity contribution in [2.75, 3.05) is 6.61 Å².